The molecule has 0 saturated carbocycles. The third kappa shape index (κ3) is 3.08. The third-order valence-electron chi connectivity index (χ3n) is 4.32. The monoisotopic (exact) mass is 410 g/mol. The number of rotatable bonds is 4. The van der Waals surface area contributed by atoms with Gasteiger partial charge in [0.2, 0.25) is 15.2 Å². The molecule has 1 saturated heterocycles. The molecule has 1 aromatic carbocycles. The minimum absolute atomic E-state index is 0.232. The van der Waals surface area contributed by atoms with E-state index in [9.17, 15) is 8.42 Å². The highest BCUT2D eigenvalue weighted by molar-refractivity contribution is 7.89. The second-order valence-corrected chi connectivity index (χ2v) is 9.53. The molecule has 0 amide bonds. The molecule has 0 atom stereocenters. The zero-order valence-corrected chi connectivity index (χ0v) is 16.8. The molecule has 2 aromatic rings. The Kier molecular flexibility index (Phi) is 4.63. The lowest BCUT2D eigenvalue weighted by Gasteiger charge is -2.33. The summed E-state index contributed by atoms with van der Waals surface area (Å²) in [5, 5.41) is 0.858. The van der Waals surface area contributed by atoms with E-state index >= 15 is 0 Å². The fourth-order valence-electron chi connectivity index (χ4n) is 2.84. The van der Waals surface area contributed by atoms with Crippen molar-refractivity contribution < 1.29 is 8.42 Å². The number of benzene rings is 1. The van der Waals surface area contributed by atoms with E-state index in [0.29, 0.717) is 37.6 Å². The summed E-state index contributed by atoms with van der Waals surface area (Å²) < 4.78 is 40.3. The number of sulfonamides is 1. The zero-order chi connectivity index (χ0) is 18.3. The number of anilines is 1. The van der Waals surface area contributed by atoms with Gasteiger partial charge in [0.15, 0.2) is 0 Å². The molecule has 138 valence electrons. The number of hydrogen-bond acceptors (Lipinski definition) is 8. The first kappa shape index (κ1) is 17.7. The van der Waals surface area contributed by atoms with Crippen LogP contribution in [0.2, 0.25) is 0 Å². The zero-order valence-electron chi connectivity index (χ0n) is 14.4. The van der Waals surface area contributed by atoms with Gasteiger partial charge in [-0.1, -0.05) is 19.9 Å². The van der Waals surface area contributed by atoms with Gasteiger partial charge < -0.3 is 4.90 Å². The standard InChI is InChI=1S/C15H18N6O2S3/c1-10(2)14-16-15(24-19-14)20-6-8-21(9-7-20)26(22,23)12-5-3-4-11-13(12)18-25-17-11/h3-5,10H,6-9H2,1-2H3. The van der Waals surface area contributed by atoms with Crippen molar-refractivity contribution in [3.63, 3.8) is 0 Å². The largest absolute Gasteiger partial charge is 0.344 e. The van der Waals surface area contributed by atoms with E-state index in [1.807, 2.05) is 0 Å². The smallest absolute Gasteiger partial charge is 0.245 e. The predicted molar refractivity (Wildman–Crippen MR) is 103 cm³/mol. The molecule has 0 aliphatic carbocycles. The summed E-state index contributed by atoms with van der Waals surface area (Å²) in [5.74, 6) is 1.12. The Hall–Kier alpha value is -1.69. The van der Waals surface area contributed by atoms with Crippen LogP contribution in [0.3, 0.4) is 0 Å². The summed E-state index contributed by atoms with van der Waals surface area (Å²) in [7, 11) is -3.59. The van der Waals surface area contributed by atoms with Crippen molar-refractivity contribution in [2.75, 3.05) is 31.1 Å². The van der Waals surface area contributed by atoms with E-state index in [2.05, 4.69) is 36.8 Å². The van der Waals surface area contributed by atoms with Crippen molar-refractivity contribution in [2.45, 2.75) is 24.7 Å². The normalized spacial score (nSPS) is 17.6. The lowest BCUT2D eigenvalue weighted by atomic mass is 10.2. The van der Waals surface area contributed by atoms with Gasteiger partial charge in [0, 0.05) is 43.6 Å². The van der Waals surface area contributed by atoms with Gasteiger partial charge in [-0.2, -0.15) is 17.4 Å². The maximum absolute atomic E-state index is 13.1. The molecule has 4 rings (SSSR count). The molecule has 1 fully saturated rings. The van der Waals surface area contributed by atoms with Crippen LogP contribution in [0.5, 0.6) is 0 Å². The van der Waals surface area contributed by atoms with E-state index in [1.54, 1.807) is 18.2 Å². The maximum Gasteiger partial charge on any atom is 0.245 e. The summed E-state index contributed by atoms with van der Waals surface area (Å²) in [6, 6.07) is 5.09. The van der Waals surface area contributed by atoms with Crippen molar-refractivity contribution in [3.8, 4) is 0 Å². The average Bonchev–Trinajstić information content (AvgIpc) is 3.31. The Balaban J connectivity index is 1.51. The van der Waals surface area contributed by atoms with Crippen molar-refractivity contribution in [1.82, 2.24) is 13.7 Å². The molecule has 11 heteroatoms. The molecule has 26 heavy (non-hydrogen) atoms. The fourth-order valence-corrected chi connectivity index (χ4v) is 5.87. The molecular formula is C15H18N6O2S3. The summed E-state index contributed by atoms with van der Waals surface area (Å²) in [4.78, 5) is 6.89. The molecular weight excluding hydrogens is 392 g/mol. The summed E-state index contributed by atoms with van der Waals surface area (Å²) in [6.07, 6.45) is 0. The predicted octanol–water partition coefficient (Wildman–Crippen LogP) is 2.90. The van der Waals surface area contributed by atoms with Crippen LogP contribution in [0.1, 0.15) is 25.6 Å². The van der Waals surface area contributed by atoms with Crippen molar-refractivity contribution in [1.29, 1.82) is 0 Å². The number of hydrogen-bond donors (Lipinski definition) is 0. The molecule has 0 radical (unpaired) electrons. The summed E-state index contributed by atoms with van der Waals surface area (Å²) in [5.41, 5.74) is 1.07. The van der Waals surface area contributed by atoms with E-state index in [1.165, 1.54) is 15.8 Å². The quantitative estimate of drug-likeness (QED) is 0.659. The van der Waals surface area contributed by atoms with E-state index in [-0.39, 0.29) is 10.8 Å². The van der Waals surface area contributed by atoms with Crippen LogP contribution >= 0.6 is 11.5 Å². The fraction of sp³-hybridized carbons (Fsp3) is 0.467. The average molecular weight is 411 g/mol. The number of piperazine rings is 1. The number of aromatic nitrogens is 2. The molecule has 0 spiro atoms. The molecule has 0 N–H and O–H groups in total. The van der Waals surface area contributed by atoms with E-state index in [4.69, 9.17) is 0 Å². The second kappa shape index (κ2) is 6.80. The molecule has 1 aromatic heterocycles. The first-order chi connectivity index (χ1) is 12.5. The Morgan fingerprint density at radius 3 is 2.58 bits per heavy atom. The van der Waals surface area contributed by atoms with Crippen molar-refractivity contribution in [2.24, 2.45) is 8.73 Å². The topological polar surface area (TPSA) is 91.1 Å². The van der Waals surface area contributed by atoms with Gasteiger partial charge in [0.05, 0.1) is 11.4 Å². The minimum Gasteiger partial charge on any atom is -0.344 e. The maximum atomic E-state index is 13.1. The first-order valence-electron chi connectivity index (χ1n) is 8.27. The third-order valence-corrected chi connectivity index (χ3v) is 7.59. The highest BCUT2D eigenvalue weighted by atomic mass is 32.2. The molecule has 3 heterocycles. The highest BCUT2D eigenvalue weighted by Gasteiger charge is 2.32. The van der Waals surface area contributed by atoms with Crippen LogP contribution in [-0.4, -0.2) is 48.3 Å². The van der Waals surface area contributed by atoms with Gasteiger partial charge in [-0.3, -0.25) is 0 Å². The Labute approximate surface area is 160 Å². The van der Waals surface area contributed by atoms with Crippen LogP contribution in [-0.2, 0) is 21.4 Å². The van der Waals surface area contributed by atoms with Gasteiger partial charge in [0.25, 0.3) is 0 Å². The minimum atomic E-state index is -3.59. The van der Waals surface area contributed by atoms with Gasteiger partial charge in [0.1, 0.15) is 22.1 Å². The molecule has 0 bridgehead atoms. The lowest BCUT2D eigenvalue weighted by molar-refractivity contribution is 0.385. The number of nitrogens with zero attached hydrogens (tertiary/aromatic N) is 6. The summed E-state index contributed by atoms with van der Waals surface area (Å²) >= 11 is 2.40. The molecule has 2 aliphatic rings. The molecule has 0 unspecified atom stereocenters. The van der Waals surface area contributed by atoms with Crippen LogP contribution < -0.4 is 4.90 Å². The van der Waals surface area contributed by atoms with Gasteiger partial charge in [-0.15, -0.1) is 0 Å². The van der Waals surface area contributed by atoms with Crippen LogP contribution in [0.15, 0.2) is 31.8 Å². The second-order valence-electron chi connectivity index (χ2n) is 6.37. The van der Waals surface area contributed by atoms with Gasteiger partial charge in [-0.25, -0.2) is 13.4 Å². The Bertz CT molecular complexity index is 1000. The molecule has 2 aliphatic heterocycles. The SMILES string of the molecule is CC(C)c1nsc(N2CCN(S(=O)(=O)c3cccc4c3N=S=N4)CC2)n1. The van der Waals surface area contributed by atoms with Crippen molar-refractivity contribution in [3.05, 3.63) is 24.0 Å². The van der Waals surface area contributed by atoms with Crippen molar-refractivity contribution >= 4 is 49.4 Å². The summed E-state index contributed by atoms with van der Waals surface area (Å²) in [6.45, 7) is 6.13. The number of fused-ring (bicyclic) bond motifs is 1. The van der Waals surface area contributed by atoms with E-state index in [0.717, 1.165) is 22.3 Å². The highest BCUT2D eigenvalue weighted by Crippen LogP contribution is 2.38. The van der Waals surface area contributed by atoms with E-state index < -0.39 is 10.0 Å². The Morgan fingerprint density at radius 2 is 1.88 bits per heavy atom. The lowest BCUT2D eigenvalue weighted by Crippen LogP contribution is -2.48. The first-order valence-corrected chi connectivity index (χ1v) is 11.2. The Morgan fingerprint density at radius 1 is 1.12 bits per heavy atom. The van der Waals surface area contributed by atoms with Crippen LogP contribution in [0, 0.1) is 0 Å². The molecule has 8 nitrogen and oxygen atoms in total. The van der Waals surface area contributed by atoms with Gasteiger partial charge >= 0.3 is 0 Å². The van der Waals surface area contributed by atoms with Crippen LogP contribution in [0.4, 0.5) is 16.5 Å². The van der Waals surface area contributed by atoms with Gasteiger partial charge in [-0.05, 0) is 12.1 Å². The van der Waals surface area contributed by atoms with Crippen LogP contribution in [0.25, 0.3) is 0 Å².